The Morgan fingerprint density at radius 2 is 0.947 bits per heavy atom. The zero-order valence-electron chi connectivity index (χ0n) is 22.7. The molecule has 38 heavy (non-hydrogen) atoms. The molecule has 0 spiro atoms. The summed E-state index contributed by atoms with van der Waals surface area (Å²) in [5.74, 6) is 6.94. The number of carboxylic acids is 1. The van der Waals surface area contributed by atoms with E-state index in [1.165, 1.54) is 0 Å². The van der Waals surface area contributed by atoms with Crippen LogP contribution in [0.5, 0.6) is 0 Å². The summed E-state index contributed by atoms with van der Waals surface area (Å²) in [5, 5.41) is 90.7. The summed E-state index contributed by atoms with van der Waals surface area (Å²) >= 11 is 0. The molecule has 0 saturated heterocycles. The predicted octanol–water partition coefficient (Wildman–Crippen LogP) is 4.79. The van der Waals surface area contributed by atoms with Crippen LogP contribution in [-0.2, 0) is 4.79 Å². The van der Waals surface area contributed by atoms with Gasteiger partial charge in [0.25, 0.3) is 0 Å². The molecule has 1 atom stereocenters. The van der Waals surface area contributed by atoms with Crippen LogP contribution in [0.3, 0.4) is 0 Å². The Hall–Kier alpha value is -6.79. The SMILES string of the molecule is [2H]C([2H])(C(=C)\N=N/N=N/N=N/N=N/N=N/N=N/N=N/N)C([2H])([2H])C([2H])(\N=N/N=N/N=N/N=N/N=N/N=N/N=N/N)C(=O)O. The maximum absolute atomic E-state index is 11.6. The van der Waals surface area contributed by atoms with Crippen molar-refractivity contribution >= 4 is 5.97 Å². The summed E-state index contributed by atoms with van der Waals surface area (Å²) in [7, 11) is 0. The highest BCUT2D eigenvalue weighted by Crippen LogP contribution is 2.11. The minimum Gasteiger partial charge on any atom is -0.480 e. The minimum absolute atomic E-state index is 1.06. The number of rotatable bonds is 18. The number of carboxylic acid groups (broad SMARTS) is 1. The van der Waals surface area contributed by atoms with Crippen LogP contribution >= 0.6 is 0 Å². The third kappa shape index (κ3) is 22.4. The molecule has 0 bridgehead atoms. The lowest BCUT2D eigenvalue weighted by atomic mass is 10.1. The Labute approximate surface area is 212 Å². The van der Waals surface area contributed by atoms with Crippen molar-refractivity contribution in [3.8, 4) is 0 Å². The average molecular weight is 541 g/mol. The minimum atomic E-state index is -3.73. The van der Waals surface area contributed by atoms with Crippen LogP contribution in [0.15, 0.2) is 158 Å². The highest BCUT2D eigenvalue weighted by Gasteiger charge is 2.16. The fourth-order valence-corrected chi connectivity index (χ4v) is 0.820. The third-order valence-electron chi connectivity index (χ3n) is 1.82. The quantitative estimate of drug-likeness (QED) is 0.125. The summed E-state index contributed by atoms with van der Waals surface area (Å²) in [6, 6.07) is -3.68. The first-order valence-corrected chi connectivity index (χ1v) is 7.94. The van der Waals surface area contributed by atoms with E-state index in [9.17, 15) is 9.90 Å². The number of nitrogens with zero attached hydrogens (tertiary/aromatic N) is 28. The largest absolute Gasteiger partial charge is 0.480 e. The van der Waals surface area contributed by atoms with Gasteiger partial charge >= 0.3 is 5.97 Å². The Bertz CT molecular complexity index is 1310. The molecular formula is C6H12N30O2. The van der Waals surface area contributed by atoms with Crippen LogP contribution in [0, 0.1) is 0 Å². The number of hydrogen-bond acceptors (Lipinski definition) is 5. The molecule has 0 aliphatic carbocycles. The van der Waals surface area contributed by atoms with Crippen molar-refractivity contribution in [2.24, 2.45) is 158 Å². The monoisotopic (exact) mass is 541 g/mol. The molecule has 0 heterocycles. The van der Waals surface area contributed by atoms with E-state index in [1.807, 2.05) is 0 Å². The van der Waals surface area contributed by atoms with Gasteiger partial charge in [0, 0.05) is 5.48 Å². The maximum Gasteiger partial charge on any atom is 0.330 e. The molecule has 1 unspecified atom stereocenters. The second-order valence-electron chi connectivity index (χ2n) is 3.93. The molecule has 0 aromatic heterocycles. The van der Waals surface area contributed by atoms with Crippen LogP contribution in [0.1, 0.15) is 19.6 Å². The van der Waals surface area contributed by atoms with E-state index in [4.69, 9.17) is 6.85 Å². The standard InChI is InChI=1S/C6H12N30O2/c1-4(9-13-17-21-25-29-33-35-31-27-23-19-15-11-7)2-3-5(6(37)38)10-14-18-22-26-30-34-36-32-28-24-20-16-12-8/h5H,1-3H2,(H,37,38)(H2,7,9,15,17,23,25,31,33)(H2,8,10,16,18,24,26,32,34)/i2D2,3D2,5D. The van der Waals surface area contributed by atoms with Crippen molar-refractivity contribution in [2.75, 3.05) is 0 Å². The van der Waals surface area contributed by atoms with Gasteiger partial charge in [0.1, 0.15) is 0 Å². The fourth-order valence-electron chi connectivity index (χ4n) is 0.820. The topological polar surface area (TPSA) is 435 Å². The van der Waals surface area contributed by atoms with E-state index in [-0.39, 0.29) is 0 Å². The zero-order valence-corrected chi connectivity index (χ0v) is 17.7. The van der Waals surface area contributed by atoms with Crippen LogP contribution in [-0.4, -0.2) is 17.1 Å². The molecule has 0 fully saturated rings. The zero-order chi connectivity index (χ0) is 32.5. The number of carbonyl (C=O) groups is 1. The summed E-state index contributed by atoms with van der Waals surface area (Å²) in [5.41, 5.74) is -1.06. The molecule has 0 aliphatic heterocycles. The highest BCUT2D eigenvalue weighted by atomic mass is 16.4. The van der Waals surface area contributed by atoms with Gasteiger partial charge in [-0.25, -0.2) is 4.79 Å². The Morgan fingerprint density at radius 1 is 0.632 bits per heavy atom. The summed E-state index contributed by atoms with van der Waals surface area (Å²) in [6.45, 7) is 3.13. The van der Waals surface area contributed by atoms with Crippen molar-refractivity contribution < 1.29 is 16.8 Å². The van der Waals surface area contributed by atoms with Gasteiger partial charge in [-0.3, -0.25) is 0 Å². The van der Waals surface area contributed by atoms with E-state index < -0.39 is 30.4 Å². The van der Waals surface area contributed by atoms with Crippen LogP contribution in [0.2, 0.25) is 0 Å². The molecule has 0 aromatic rings. The Morgan fingerprint density at radius 3 is 1.29 bits per heavy atom. The fraction of sp³-hybridized carbons (Fsp3) is 0.500. The Kier molecular flexibility index (Phi) is 15.0. The third-order valence-corrected chi connectivity index (χ3v) is 1.82. The number of aliphatic carboxylic acids is 1. The van der Waals surface area contributed by atoms with Gasteiger partial charge in [-0.15, -0.1) is 5.11 Å². The molecule has 0 aliphatic rings. The molecule has 32 nitrogen and oxygen atoms in total. The molecule has 0 rings (SSSR count). The van der Waals surface area contributed by atoms with E-state index in [0.29, 0.717) is 0 Å². The number of allylic oxidation sites excluding steroid dienone is 1. The van der Waals surface area contributed by atoms with Gasteiger partial charge in [0.05, 0.1) is 7.07 Å². The van der Waals surface area contributed by atoms with Crippen LogP contribution < -0.4 is 11.7 Å². The lowest BCUT2D eigenvalue weighted by molar-refractivity contribution is -0.138. The van der Waals surface area contributed by atoms with Crippen LogP contribution in [0.25, 0.3) is 0 Å². The molecule has 32 heteroatoms. The second-order valence-corrected chi connectivity index (χ2v) is 3.93. The molecule has 198 valence electrons. The lowest BCUT2D eigenvalue weighted by Crippen LogP contribution is -2.17. The normalized spacial score (nSPS) is 18.6. The lowest BCUT2D eigenvalue weighted by Gasteiger charge is -2.03. The highest BCUT2D eigenvalue weighted by molar-refractivity contribution is 5.73. The average Bonchev–Trinajstić information content (AvgIpc) is 2.97. The van der Waals surface area contributed by atoms with Crippen molar-refractivity contribution in [1.29, 1.82) is 0 Å². The maximum atomic E-state index is 11.6. The van der Waals surface area contributed by atoms with E-state index >= 15 is 0 Å². The molecule has 5 N–H and O–H groups in total. The first-order valence-electron chi connectivity index (χ1n) is 10.4. The Balaban J connectivity index is 5.31. The van der Waals surface area contributed by atoms with Gasteiger partial charge in [0.2, 0.25) is 0 Å². The smallest absolute Gasteiger partial charge is 0.330 e. The number of hydrogen-bond donors (Lipinski definition) is 3. The van der Waals surface area contributed by atoms with Crippen molar-refractivity contribution in [3.63, 3.8) is 0 Å². The van der Waals surface area contributed by atoms with Gasteiger partial charge in [-0.05, 0) is 138 Å². The first kappa shape index (κ1) is 23.0. The summed E-state index contributed by atoms with van der Waals surface area (Å²) < 4.78 is 39.6. The molecule has 0 saturated carbocycles. The van der Waals surface area contributed by atoms with E-state index in [1.54, 1.807) is 0 Å². The van der Waals surface area contributed by atoms with Gasteiger partial charge in [0.15, 0.2) is 6.02 Å². The van der Waals surface area contributed by atoms with Crippen molar-refractivity contribution in [3.05, 3.63) is 12.3 Å². The molecule has 0 aromatic carbocycles. The molecule has 0 amide bonds. The van der Waals surface area contributed by atoms with Crippen molar-refractivity contribution in [2.45, 2.75) is 18.8 Å². The van der Waals surface area contributed by atoms with Crippen LogP contribution in [0.4, 0.5) is 0 Å². The molecule has 0 radical (unpaired) electrons. The van der Waals surface area contributed by atoms with E-state index in [0.717, 1.165) is 0 Å². The second kappa shape index (κ2) is 24.8. The van der Waals surface area contributed by atoms with Crippen molar-refractivity contribution in [1.82, 2.24) is 0 Å². The predicted molar refractivity (Wildman–Crippen MR) is 106 cm³/mol. The summed E-state index contributed by atoms with van der Waals surface area (Å²) in [4.78, 5) is 11.6. The molecular weight excluding hydrogens is 524 g/mol. The first-order chi connectivity index (χ1) is 20.5. The van der Waals surface area contributed by atoms with Gasteiger partial charge < -0.3 is 16.8 Å². The number of nitrogens with two attached hydrogens (primary N) is 2. The summed E-state index contributed by atoms with van der Waals surface area (Å²) in [6.07, 6.45) is -7.17. The van der Waals surface area contributed by atoms with E-state index in [2.05, 4.69) is 164 Å². The van der Waals surface area contributed by atoms with Gasteiger partial charge in [-0.1, -0.05) is 17.0 Å². The van der Waals surface area contributed by atoms with Gasteiger partial charge in [-0.2, -0.15) is 5.11 Å².